The third-order valence-electron chi connectivity index (χ3n) is 6.46. The van der Waals surface area contributed by atoms with Crippen molar-refractivity contribution >= 4 is 29.9 Å². The number of carbonyl (C=O) groups excluding carboxylic acids is 3. The van der Waals surface area contributed by atoms with Crippen LogP contribution in [0.25, 0.3) is 0 Å². The number of nitriles is 1. The van der Waals surface area contributed by atoms with E-state index in [0.29, 0.717) is 61.9 Å². The van der Waals surface area contributed by atoms with E-state index < -0.39 is 6.10 Å². The van der Waals surface area contributed by atoms with Crippen molar-refractivity contribution in [3.05, 3.63) is 47.0 Å². The number of nitrogens with zero attached hydrogens (tertiary/aromatic N) is 3. The highest BCUT2D eigenvalue weighted by molar-refractivity contribution is 5.97. The van der Waals surface area contributed by atoms with Crippen LogP contribution in [-0.4, -0.2) is 61.6 Å². The van der Waals surface area contributed by atoms with Crippen LogP contribution in [-0.2, 0) is 25.5 Å². The van der Waals surface area contributed by atoms with E-state index >= 15 is 0 Å². The lowest BCUT2D eigenvalue weighted by atomic mass is 10.0. The summed E-state index contributed by atoms with van der Waals surface area (Å²) < 4.78 is 10.7. The molecule has 1 fully saturated rings. The fraction of sp³-hybridized carbons (Fsp3) is 0.375. The van der Waals surface area contributed by atoms with E-state index in [-0.39, 0.29) is 30.5 Å². The minimum atomic E-state index is -0.445. The zero-order valence-corrected chi connectivity index (χ0v) is 18.8. The van der Waals surface area contributed by atoms with Crippen LogP contribution in [0.15, 0.2) is 30.3 Å². The molecule has 1 aromatic heterocycles. The summed E-state index contributed by atoms with van der Waals surface area (Å²) in [5.74, 6) is 0.926. The minimum absolute atomic E-state index is 0.0504. The predicted octanol–water partition coefficient (Wildman–Crippen LogP) is 0.408. The summed E-state index contributed by atoms with van der Waals surface area (Å²) in [7, 11) is 0. The summed E-state index contributed by atoms with van der Waals surface area (Å²) in [5, 5.41) is 18.8. The Morgan fingerprint density at radius 3 is 2.91 bits per heavy atom. The summed E-state index contributed by atoms with van der Waals surface area (Å²) in [5.41, 5.74) is 2.36. The van der Waals surface area contributed by atoms with E-state index in [1.165, 1.54) is 0 Å². The molecule has 3 atom stereocenters. The highest BCUT2D eigenvalue weighted by atomic mass is 16.5. The number of hydrogen-bond donors (Lipinski definition) is 3. The first-order chi connectivity index (χ1) is 17.1. The van der Waals surface area contributed by atoms with Crippen molar-refractivity contribution in [2.24, 2.45) is 0 Å². The SMILES string of the molecule is N#Cc1cccc2c1CC(NCCNC1CC(=O)N(c3ccc4c(n3)NC(=O)CO4)C1)C2OC=O. The van der Waals surface area contributed by atoms with Crippen LogP contribution < -0.4 is 25.6 Å². The number of hydrogen-bond acceptors (Lipinski definition) is 9. The van der Waals surface area contributed by atoms with Crippen LogP contribution in [0, 0.1) is 11.3 Å². The Morgan fingerprint density at radius 2 is 2.09 bits per heavy atom. The number of pyridine rings is 1. The molecule has 0 spiro atoms. The number of anilines is 2. The number of benzene rings is 1. The maximum atomic E-state index is 12.6. The van der Waals surface area contributed by atoms with Gasteiger partial charge in [0.25, 0.3) is 12.4 Å². The molecule has 0 saturated carbocycles. The monoisotopic (exact) mass is 476 g/mol. The van der Waals surface area contributed by atoms with Gasteiger partial charge in [-0.1, -0.05) is 12.1 Å². The number of ether oxygens (including phenoxy) is 2. The van der Waals surface area contributed by atoms with Crippen molar-refractivity contribution in [1.82, 2.24) is 15.6 Å². The van der Waals surface area contributed by atoms with Gasteiger partial charge in [-0.05, 0) is 35.7 Å². The van der Waals surface area contributed by atoms with Crippen molar-refractivity contribution in [3.63, 3.8) is 0 Å². The zero-order valence-electron chi connectivity index (χ0n) is 18.8. The van der Waals surface area contributed by atoms with Crippen LogP contribution in [0.1, 0.15) is 29.2 Å². The predicted molar refractivity (Wildman–Crippen MR) is 124 cm³/mol. The molecule has 2 amide bonds. The molecule has 1 aliphatic carbocycles. The van der Waals surface area contributed by atoms with Crippen molar-refractivity contribution in [2.75, 3.05) is 36.5 Å². The average Bonchev–Trinajstić information content (AvgIpc) is 3.41. The molecule has 1 saturated heterocycles. The zero-order chi connectivity index (χ0) is 24.4. The first kappa shape index (κ1) is 22.8. The Bertz CT molecular complexity index is 1210. The van der Waals surface area contributed by atoms with Gasteiger partial charge < -0.3 is 25.4 Å². The fourth-order valence-electron chi connectivity index (χ4n) is 4.86. The summed E-state index contributed by atoms with van der Waals surface area (Å²) in [4.78, 5) is 41.2. The van der Waals surface area contributed by atoms with Crippen LogP contribution in [0.5, 0.6) is 5.75 Å². The highest BCUT2D eigenvalue weighted by Gasteiger charge is 2.36. The van der Waals surface area contributed by atoms with Gasteiger partial charge in [-0.2, -0.15) is 5.26 Å². The largest absolute Gasteiger partial charge is 0.480 e. The molecular formula is C24H24N6O5. The maximum absolute atomic E-state index is 12.6. The summed E-state index contributed by atoms with van der Waals surface area (Å²) in [6.07, 6.45) is 0.482. The lowest BCUT2D eigenvalue weighted by Crippen LogP contribution is -2.41. The topological polar surface area (TPSA) is 146 Å². The molecule has 11 nitrogen and oxygen atoms in total. The van der Waals surface area contributed by atoms with Gasteiger partial charge in [0.1, 0.15) is 11.9 Å². The number of rotatable bonds is 8. The number of fused-ring (bicyclic) bond motifs is 2. The van der Waals surface area contributed by atoms with Gasteiger partial charge in [0, 0.05) is 32.1 Å². The minimum Gasteiger partial charge on any atom is -0.480 e. The summed E-state index contributed by atoms with van der Waals surface area (Å²) in [6, 6.07) is 10.9. The van der Waals surface area contributed by atoms with Gasteiger partial charge in [-0.25, -0.2) is 4.98 Å². The molecule has 1 aromatic carbocycles. The van der Waals surface area contributed by atoms with Crippen molar-refractivity contribution in [2.45, 2.75) is 31.0 Å². The van der Waals surface area contributed by atoms with Gasteiger partial charge in [-0.15, -0.1) is 0 Å². The summed E-state index contributed by atoms with van der Waals surface area (Å²) in [6.45, 7) is 2.03. The molecule has 0 radical (unpaired) electrons. The molecule has 3 heterocycles. The number of amides is 2. The van der Waals surface area contributed by atoms with Gasteiger partial charge in [0.15, 0.2) is 18.2 Å². The van der Waals surface area contributed by atoms with E-state index in [4.69, 9.17) is 9.47 Å². The Balaban J connectivity index is 1.14. The number of carbonyl (C=O) groups is 3. The molecule has 5 rings (SSSR count). The highest BCUT2D eigenvalue weighted by Crippen LogP contribution is 2.35. The number of aromatic nitrogens is 1. The van der Waals surface area contributed by atoms with Crippen molar-refractivity contribution in [3.8, 4) is 11.8 Å². The van der Waals surface area contributed by atoms with Crippen LogP contribution in [0.4, 0.5) is 11.6 Å². The van der Waals surface area contributed by atoms with Crippen molar-refractivity contribution < 1.29 is 23.9 Å². The number of nitrogens with one attached hydrogen (secondary N) is 3. The lowest BCUT2D eigenvalue weighted by Gasteiger charge is -2.22. The smallest absolute Gasteiger partial charge is 0.293 e. The lowest BCUT2D eigenvalue weighted by molar-refractivity contribution is -0.135. The van der Waals surface area contributed by atoms with E-state index in [1.54, 1.807) is 29.2 Å². The Morgan fingerprint density at radius 1 is 1.23 bits per heavy atom. The van der Waals surface area contributed by atoms with Crippen LogP contribution in [0.2, 0.25) is 0 Å². The third kappa shape index (κ3) is 4.53. The second-order valence-corrected chi connectivity index (χ2v) is 8.62. The first-order valence-electron chi connectivity index (χ1n) is 11.4. The molecular weight excluding hydrogens is 452 g/mol. The molecule has 0 bridgehead atoms. The Kier molecular flexibility index (Phi) is 6.31. The molecule has 3 aliphatic rings. The molecule has 35 heavy (non-hydrogen) atoms. The molecule has 2 aromatic rings. The molecule has 11 heteroatoms. The second kappa shape index (κ2) is 9.69. The van der Waals surface area contributed by atoms with E-state index in [0.717, 1.165) is 11.1 Å². The van der Waals surface area contributed by atoms with Crippen molar-refractivity contribution in [1.29, 1.82) is 5.26 Å². The first-order valence-corrected chi connectivity index (χ1v) is 11.4. The van der Waals surface area contributed by atoms with E-state index in [2.05, 4.69) is 27.0 Å². The summed E-state index contributed by atoms with van der Waals surface area (Å²) >= 11 is 0. The molecule has 3 unspecified atom stereocenters. The van der Waals surface area contributed by atoms with Crippen LogP contribution >= 0.6 is 0 Å². The maximum Gasteiger partial charge on any atom is 0.293 e. The van der Waals surface area contributed by atoms with Crippen LogP contribution in [0.3, 0.4) is 0 Å². The Hall–Kier alpha value is -4.01. The standard InChI is InChI=1S/C24H24N6O5/c25-10-14-2-1-3-16-17(14)9-18(23(16)35-13-31)27-7-6-26-15-8-22(33)30(11-15)20-5-4-19-24(28-20)29-21(32)12-34-19/h1-5,13,15,18,23,26-27H,6-9,11-12H2,(H,28,29,32). The normalized spacial score (nSPS) is 22.6. The van der Waals surface area contributed by atoms with E-state index in [1.807, 2.05) is 6.07 Å². The molecule has 3 N–H and O–H groups in total. The third-order valence-corrected chi connectivity index (χ3v) is 6.46. The second-order valence-electron chi connectivity index (χ2n) is 8.62. The van der Waals surface area contributed by atoms with E-state index in [9.17, 15) is 19.6 Å². The molecule has 2 aliphatic heterocycles. The van der Waals surface area contributed by atoms with Gasteiger partial charge in [0.05, 0.1) is 17.7 Å². The van der Waals surface area contributed by atoms with Gasteiger partial charge >= 0.3 is 0 Å². The van der Waals surface area contributed by atoms with Gasteiger partial charge in [-0.3, -0.25) is 19.3 Å². The van der Waals surface area contributed by atoms with Gasteiger partial charge in [0.2, 0.25) is 5.91 Å². The molecule has 180 valence electrons. The Labute approximate surface area is 201 Å². The fourth-order valence-corrected chi connectivity index (χ4v) is 4.86. The average molecular weight is 476 g/mol. The quantitative estimate of drug-likeness (QED) is 0.364.